The molecule has 0 bridgehead atoms. The summed E-state index contributed by atoms with van der Waals surface area (Å²) in [4.78, 5) is 20.5. The first-order chi connectivity index (χ1) is 9.13. The van der Waals surface area contributed by atoms with Crippen molar-refractivity contribution >= 4 is 36.3 Å². The van der Waals surface area contributed by atoms with Gasteiger partial charge in [-0.1, -0.05) is 0 Å². The number of carbonyl (C=O) groups excluding carboxylic acids is 1. The summed E-state index contributed by atoms with van der Waals surface area (Å²) in [5, 5.41) is 2.88. The van der Waals surface area contributed by atoms with Crippen LogP contribution in [0.25, 0.3) is 0 Å². The quantitative estimate of drug-likeness (QED) is 0.401. The number of carbonyl (C=O) groups is 1. The molecule has 2 rings (SSSR count). The number of hydrogen-bond donors (Lipinski definition) is 0. The summed E-state index contributed by atoms with van der Waals surface area (Å²) >= 11 is -0.0911. The molecule has 1 heterocycles. The van der Waals surface area contributed by atoms with Gasteiger partial charge in [-0.25, -0.2) is 0 Å². The van der Waals surface area contributed by atoms with Crippen LogP contribution < -0.4 is 18.9 Å². The van der Waals surface area contributed by atoms with E-state index in [-0.39, 0.29) is 39.8 Å². The summed E-state index contributed by atoms with van der Waals surface area (Å²) in [6.45, 7) is 6.17. The second-order valence-corrected chi connectivity index (χ2v) is 5.86. The second kappa shape index (κ2) is 7.80. The Bertz CT molecular complexity index is 538. The average molecular weight is 329 g/mol. The van der Waals surface area contributed by atoms with Crippen molar-refractivity contribution in [2.75, 3.05) is 6.61 Å². The number of ether oxygens (including phenoxy) is 1. The van der Waals surface area contributed by atoms with Crippen LogP contribution in [0.5, 0.6) is 0 Å². The van der Waals surface area contributed by atoms with Crippen LogP contribution in [0.2, 0.25) is 0 Å². The zero-order chi connectivity index (χ0) is 13.8. The first-order valence-electron chi connectivity index (χ1n) is 6.06. The van der Waals surface area contributed by atoms with Gasteiger partial charge in [-0.15, -0.1) is 0 Å². The molecule has 1 aliphatic rings. The Morgan fingerprint density at radius 3 is 2.70 bits per heavy atom. The number of rotatable bonds is 3. The van der Waals surface area contributed by atoms with Gasteiger partial charge in [0.15, 0.2) is 0 Å². The van der Waals surface area contributed by atoms with Crippen LogP contribution in [0, 0.1) is 13.8 Å². The maximum atomic E-state index is 11.8. The van der Waals surface area contributed by atoms with E-state index in [0.717, 1.165) is 21.4 Å². The van der Waals surface area contributed by atoms with Gasteiger partial charge in [-0.3, -0.25) is 0 Å². The minimum Gasteiger partial charge on any atom is 1.00 e. The third-order valence-corrected chi connectivity index (χ3v) is 4.25. The Labute approximate surface area is 137 Å². The number of aryl methyl sites for hydroxylation is 2. The van der Waals surface area contributed by atoms with Gasteiger partial charge in [0.1, 0.15) is 0 Å². The first-order valence-corrected chi connectivity index (χ1v) is 7.78. The maximum absolute atomic E-state index is 11.8. The zero-order valence-electron chi connectivity index (χ0n) is 12.1. The van der Waals surface area contributed by atoms with Crippen LogP contribution in [-0.2, 0) is 9.53 Å². The molecule has 0 fully saturated rings. The molecule has 0 aromatic heterocycles. The fourth-order valence-corrected chi connectivity index (χ4v) is 3.15. The van der Waals surface area contributed by atoms with Gasteiger partial charge >= 0.3 is 137 Å². The Kier molecular flexibility index (Phi) is 6.71. The van der Waals surface area contributed by atoms with Gasteiger partial charge in [0.2, 0.25) is 0 Å². The van der Waals surface area contributed by atoms with Gasteiger partial charge in [0.05, 0.1) is 0 Å². The molecule has 0 aliphatic carbocycles. The van der Waals surface area contributed by atoms with E-state index in [0.29, 0.717) is 6.61 Å². The summed E-state index contributed by atoms with van der Waals surface area (Å²) in [5.74, 6) is -0.334. The van der Waals surface area contributed by atoms with Gasteiger partial charge in [0, 0.05) is 0 Å². The maximum Gasteiger partial charge on any atom is 1.00 e. The molecule has 4 nitrogen and oxygen atoms in total. The van der Waals surface area contributed by atoms with Crippen LogP contribution in [0.15, 0.2) is 28.2 Å². The van der Waals surface area contributed by atoms with Crippen molar-refractivity contribution in [3.8, 4) is 0 Å². The fourth-order valence-electron chi connectivity index (χ4n) is 1.79. The predicted molar refractivity (Wildman–Crippen MR) is 76.6 cm³/mol. The molecule has 0 saturated heterocycles. The van der Waals surface area contributed by atoms with E-state index in [1.165, 1.54) is 0 Å². The predicted octanol–water partition coefficient (Wildman–Crippen LogP) is -1.11. The van der Waals surface area contributed by atoms with Crippen molar-refractivity contribution in [2.24, 2.45) is 9.98 Å². The monoisotopic (exact) mass is 330 g/mol. The minimum absolute atomic E-state index is 0. The summed E-state index contributed by atoms with van der Waals surface area (Å²) in [6.07, 6.45) is 0. The van der Waals surface area contributed by atoms with Crippen LogP contribution in [-0.4, -0.2) is 43.3 Å². The Morgan fingerprint density at radius 1 is 1.45 bits per heavy atom. The number of aliphatic imine (C=N–C) groups is 2. The van der Waals surface area contributed by atoms with Crippen molar-refractivity contribution in [1.82, 2.24) is 0 Å². The average Bonchev–Trinajstić information content (AvgIpc) is 2.82. The van der Waals surface area contributed by atoms with Crippen molar-refractivity contribution in [1.29, 1.82) is 0 Å². The van der Waals surface area contributed by atoms with E-state index >= 15 is 0 Å². The van der Waals surface area contributed by atoms with Crippen molar-refractivity contribution in [3.05, 3.63) is 29.3 Å². The standard InChI is InChI=1S/C14H15N2O2Se.Li/c1-4-18-14(17)12-13(19-8-15-12)16-11-9(2)6-5-7-10(11)3;/h5-7,12H,4H2,1-3H3;/q-1;+1. The third-order valence-electron chi connectivity index (χ3n) is 2.74. The molecular formula is C14H15LiN2O2Se. The summed E-state index contributed by atoms with van der Waals surface area (Å²) < 4.78 is 5.78. The molecule has 0 radical (unpaired) electrons. The third kappa shape index (κ3) is 3.83. The summed E-state index contributed by atoms with van der Waals surface area (Å²) in [6, 6.07) is 5.43. The second-order valence-electron chi connectivity index (χ2n) is 4.17. The van der Waals surface area contributed by atoms with Gasteiger partial charge < -0.3 is 0 Å². The Balaban J connectivity index is 0.00000200. The number of para-hydroxylation sites is 1. The molecule has 1 aromatic rings. The van der Waals surface area contributed by atoms with E-state index in [2.05, 4.69) is 15.1 Å². The molecule has 100 valence electrons. The molecule has 0 amide bonds. The molecule has 1 aromatic carbocycles. The normalized spacial score (nSPS) is 18.9. The zero-order valence-corrected chi connectivity index (χ0v) is 13.8. The molecule has 6 heteroatoms. The molecule has 0 spiro atoms. The van der Waals surface area contributed by atoms with Crippen molar-refractivity contribution in [2.45, 2.75) is 26.8 Å². The van der Waals surface area contributed by atoms with E-state index in [1.54, 1.807) is 6.92 Å². The van der Waals surface area contributed by atoms with E-state index < -0.39 is 6.04 Å². The van der Waals surface area contributed by atoms with Crippen LogP contribution in [0.1, 0.15) is 18.1 Å². The topological polar surface area (TPSA) is 51.0 Å². The molecular weight excluding hydrogens is 314 g/mol. The smallest absolute Gasteiger partial charge is 1.00 e. The number of esters is 1. The van der Waals surface area contributed by atoms with E-state index in [9.17, 15) is 4.79 Å². The Morgan fingerprint density at radius 2 is 2.10 bits per heavy atom. The van der Waals surface area contributed by atoms with Gasteiger partial charge in [0.25, 0.3) is 0 Å². The van der Waals surface area contributed by atoms with E-state index in [1.807, 2.05) is 32.0 Å². The van der Waals surface area contributed by atoms with Crippen LogP contribution in [0.3, 0.4) is 0 Å². The molecule has 1 atom stereocenters. The molecule has 0 saturated carbocycles. The summed E-state index contributed by atoms with van der Waals surface area (Å²) in [7, 11) is 0. The van der Waals surface area contributed by atoms with E-state index in [4.69, 9.17) is 4.74 Å². The largest absolute Gasteiger partial charge is 1.00 e. The molecule has 20 heavy (non-hydrogen) atoms. The van der Waals surface area contributed by atoms with Crippen molar-refractivity contribution in [3.63, 3.8) is 0 Å². The number of nitrogens with zero attached hydrogens (tertiary/aromatic N) is 2. The summed E-state index contributed by atoms with van der Waals surface area (Å²) in [5.41, 5.74) is 3.11. The molecule has 0 N–H and O–H groups in total. The minimum atomic E-state index is -0.598. The number of hydrogen-bond acceptors (Lipinski definition) is 4. The van der Waals surface area contributed by atoms with Crippen LogP contribution >= 0.6 is 0 Å². The fraction of sp³-hybridized carbons (Fsp3) is 0.357. The number of benzene rings is 1. The van der Waals surface area contributed by atoms with Crippen molar-refractivity contribution < 1.29 is 28.4 Å². The van der Waals surface area contributed by atoms with Gasteiger partial charge in [-0.2, -0.15) is 0 Å². The Hall–Kier alpha value is -0.853. The SMILES string of the molecule is CCOC(=O)C1N=[C-][Se]C1=Nc1c(C)cccc1C.[Li+]. The van der Waals surface area contributed by atoms with Gasteiger partial charge in [-0.05, 0) is 0 Å². The first kappa shape index (κ1) is 17.2. The molecule has 1 aliphatic heterocycles. The van der Waals surface area contributed by atoms with Crippen LogP contribution in [0.4, 0.5) is 5.69 Å². The molecule has 1 unspecified atom stereocenters.